The quantitative estimate of drug-likeness (QED) is 0.0983. The largest absolute Gasteiger partial charge is 0.481 e. The maximum atomic E-state index is 14.2. The number of imide groups is 1. The molecule has 5 amide bonds. The summed E-state index contributed by atoms with van der Waals surface area (Å²) in [5, 5.41) is 22.6. The van der Waals surface area contributed by atoms with Gasteiger partial charge in [-0.2, -0.15) is 0 Å². The number of aryl methyl sites for hydroxylation is 1. The molecule has 1 aliphatic rings. The summed E-state index contributed by atoms with van der Waals surface area (Å²) >= 11 is 0. The maximum absolute atomic E-state index is 14.2. The monoisotopic (exact) mass is 759 g/mol. The van der Waals surface area contributed by atoms with Gasteiger partial charge in [-0.05, 0) is 72.7 Å². The number of carboxylic acid groups (broad SMARTS) is 1. The average molecular weight is 760 g/mol. The van der Waals surface area contributed by atoms with E-state index in [2.05, 4.69) is 26.3 Å². The van der Waals surface area contributed by atoms with Gasteiger partial charge in [-0.15, -0.1) is 0 Å². The van der Waals surface area contributed by atoms with Gasteiger partial charge in [-0.25, -0.2) is 4.79 Å². The lowest BCUT2D eigenvalue weighted by Gasteiger charge is -2.26. The third-order valence-corrected chi connectivity index (χ3v) is 9.70. The molecule has 1 aliphatic carbocycles. The molecule has 4 aromatic carbocycles. The zero-order valence-corrected chi connectivity index (χ0v) is 31.4. The summed E-state index contributed by atoms with van der Waals surface area (Å²) in [7, 11) is 0. The zero-order valence-electron chi connectivity index (χ0n) is 31.4. The van der Waals surface area contributed by atoms with Gasteiger partial charge in [0.1, 0.15) is 23.7 Å². The van der Waals surface area contributed by atoms with Gasteiger partial charge in [0, 0.05) is 29.9 Å². The lowest BCUT2D eigenvalue weighted by Crippen LogP contribution is -2.58. The Bertz CT molecular complexity index is 2290. The molecule has 290 valence electrons. The number of amides is 5. The smallest absolute Gasteiger partial charge is 0.408 e. The van der Waals surface area contributed by atoms with Crippen LogP contribution in [0.15, 0.2) is 97.2 Å². The van der Waals surface area contributed by atoms with Crippen molar-refractivity contribution in [3.05, 3.63) is 119 Å². The standard InChI is InChI=1S/C43H45N5O8/c1-43(2,3)56-42(55)47-35(22-29-24-44-33-15-9-8-14-31(29)33)40(53)45-34(21-25-16-17-26-10-4-5-12-28(26)20-25)39(52)46-36(23-37(49)50)41(54)48-38(51)32-19-18-27-11-6-7-13-30(27)32/h4-17,20,24,32,34-36,44H,18-19,21-23H2,1-3H3,(H,45,53)(H,46,52)(H,47,55)(H,49,50)(H,48,51,54)/t32?,34-,35-,36-/m0/s1. The minimum absolute atomic E-state index is 0.0237. The summed E-state index contributed by atoms with van der Waals surface area (Å²) in [6.45, 7) is 5.07. The molecule has 13 nitrogen and oxygen atoms in total. The van der Waals surface area contributed by atoms with Gasteiger partial charge >= 0.3 is 12.1 Å². The van der Waals surface area contributed by atoms with E-state index in [4.69, 9.17) is 4.74 Å². The molecule has 1 heterocycles. The predicted molar refractivity (Wildman–Crippen MR) is 210 cm³/mol. The number of carbonyl (C=O) groups is 6. The number of rotatable bonds is 13. The van der Waals surface area contributed by atoms with Crippen LogP contribution in [0.2, 0.25) is 0 Å². The van der Waals surface area contributed by atoms with Crippen molar-refractivity contribution in [1.82, 2.24) is 26.3 Å². The number of alkyl carbamates (subject to hydrolysis) is 1. The minimum atomic E-state index is -1.65. The summed E-state index contributed by atoms with van der Waals surface area (Å²) in [5.74, 6) is -5.18. The van der Waals surface area contributed by atoms with E-state index in [9.17, 15) is 33.9 Å². The SMILES string of the molecule is CC(C)(C)OC(=O)N[C@@H](Cc1c[nH]c2ccccc12)C(=O)N[C@@H](Cc1ccc2ccccc2c1)C(=O)N[C@@H](CC(=O)O)C(=O)NC(=O)C1CCc2ccccc21. The molecule has 0 bridgehead atoms. The van der Waals surface area contributed by atoms with Crippen molar-refractivity contribution in [1.29, 1.82) is 0 Å². The van der Waals surface area contributed by atoms with E-state index >= 15 is 0 Å². The highest BCUT2D eigenvalue weighted by atomic mass is 16.6. The molecule has 56 heavy (non-hydrogen) atoms. The van der Waals surface area contributed by atoms with Gasteiger partial charge in [-0.1, -0.05) is 84.9 Å². The van der Waals surface area contributed by atoms with Crippen molar-refractivity contribution in [3.8, 4) is 0 Å². The zero-order chi connectivity index (χ0) is 40.0. The van der Waals surface area contributed by atoms with Crippen molar-refractivity contribution in [2.75, 3.05) is 0 Å². The van der Waals surface area contributed by atoms with Crippen LogP contribution >= 0.6 is 0 Å². The molecule has 1 unspecified atom stereocenters. The first-order chi connectivity index (χ1) is 26.7. The van der Waals surface area contributed by atoms with Gasteiger partial charge < -0.3 is 30.8 Å². The van der Waals surface area contributed by atoms with E-state index in [1.807, 2.05) is 78.9 Å². The Hall–Kier alpha value is -6.50. The summed E-state index contributed by atoms with van der Waals surface area (Å²) in [6, 6.07) is 23.8. The van der Waals surface area contributed by atoms with E-state index in [0.29, 0.717) is 18.4 Å². The minimum Gasteiger partial charge on any atom is -0.481 e. The fourth-order valence-corrected chi connectivity index (χ4v) is 7.04. The number of carboxylic acids is 1. The van der Waals surface area contributed by atoms with E-state index in [-0.39, 0.29) is 12.8 Å². The number of para-hydroxylation sites is 1. The molecule has 13 heteroatoms. The lowest BCUT2D eigenvalue weighted by molar-refractivity contribution is -0.142. The number of aliphatic carboxylic acids is 1. The van der Waals surface area contributed by atoms with Crippen LogP contribution in [0.3, 0.4) is 0 Å². The van der Waals surface area contributed by atoms with Crippen molar-refractivity contribution >= 4 is 57.4 Å². The number of nitrogens with one attached hydrogen (secondary N) is 5. The molecule has 6 rings (SSSR count). The Balaban J connectivity index is 1.26. The molecule has 0 radical (unpaired) electrons. The molecular weight excluding hydrogens is 714 g/mol. The first-order valence-corrected chi connectivity index (χ1v) is 18.5. The van der Waals surface area contributed by atoms with Crippen molar-refractivity contribution in [3.63, 3.8) is 0 Å². The van der Waals surface area contributed by atoms with Crippen LogP contribution in [0.4, 0.5) is 4.79 Å². The predicted octanol–water partition coefficient (Wildman–Crippen LogP) is 4.82. The number of fused-ring (bicyclic) bond motifs is 3. The van der Waals surface area contributed by atoms with E-state index in [1.54, 1.807) is 39.1 Å². The Labute approximate surface area is 323 Å². The Kier molecular flexibility index (Phi) is 11.8. The number of hydrogen-bond acceptors (Lipinski definition) is 7. The number of H-pyrrole nitrogens is 1. The van der Waals surface area contributed by atoms with E-state index in [1.165, 1.54) is 0 Å². The van der Waals surface area contributed by atoms with E-state index < -0.39 is 71.8 Å². The summed E-state index contributed by atoms with van der Waals surface area (Å²) in [4.78, 5) is 83.4. The topological polar surface area (TPSA) is 196 Å². The summed E-state index contributed by atoms with van der Waals surface area (Å²) in [5.41, 5.74) is 3.12. The second-order valence-electron chi connectivity index (χ2n) is 15.0. The van der Waals surface area contributed by atoms with Crippen LogP contribution in [-0.2, 0) is 48.0 Å². The fourth-order valence-electron chi connectivity index (χ4n) is 7.04. The summed E-state index contributed by atoms with van der Waals surface area (Å²) in [6.07, 6.45) is 1.15. The number of ether oxygens (including phenoxy) is 1. The third kappa shape index (κ3) is 9.78. The van der Waals surface area contributed by atoms with Crippen LogP contribution in [0.5, 0.6) is 0 Å². The third-order valence-electron chi connectivity index (χ3n) is 9.70. The molecule has 0 saturated heterocycles. The number of hydrogen-bond donors (Lipinski definition) is 6. The van der Waals surface area contributed by atoms with Crippen molar-refractivity contribution < 1.29 is 38.6 Å². The van der Waals surface area contributed by atoms with Gasteiger partial charge in [0.15, 0.2) is 0 Å². The second kappa shape index (κ2) is 16.9. The number of aromatic amines is 1. The van der Waals surface area contributed by atoms with Gasteiger partial charge in [0.25, 0.3) is 0 Å². The normalized spacial score (nSPS) is 15.2. The molecule has 0 spiro atoms. The average Bonchev–Trinajstić information content (AvgIpc) is 3.77. The molecule has 0 fully saturated rings. The molecular formula is C43H45N5O8. The molecule has 6 N–H and O–H groups in total. The molecule has 1 aromatic heterocycles. The number of aromatic nitrogens is 1. The first-order valence-electron chi connectivity index (χ1n) is 18.5. The fraction of sp³-hybridized carbons (Fsp3) is 0.302. The van der Waals surface area contributed by atoms with Crippen molar-refractivity contribution in [2.24, 2.45) is 0 Å². The van der Waals surface area contributed by atoms with Crippen LogP contribution in [-0.4, -0.2) is 69.5 Å². The Morgan fingerprint density at radius 1 is 0.768 bits per heavy atom. The molecule has 0 aliphatic heterocycles. The van der Waals surface area contributed by atoms with E-state index in [0.717, 1.165) is 38.4 Å². The highest BCUT2D eigenvalue weighted by molar-refractivity contribution is 6.03. The van der Waals surface area contributed by atoms with Crippen LogP contribution in [0.25, 0.3) is 21.7 Å². The van der Waals surface area contributed by atoms with Gasteiger partial charge in [0.05, 0.1) is 12.3 Å². The molecule has 4 atom stereocenters. The lowest BCUT2D eigenvalue weighted by atomic mass is 9.99. The van der Waals surface area contributed by atoms with Crippen LogP contribution in [0.1, 0.15) is 61.8 Å². The van der Waals surface area contributed by atoms with Crippen LogP contribution in [0, 0.1) is 0 Å². The number of carbonyl (C=O) groups excluding carboxylic acids is 5. The van der Waals surface area contributed by atoms with Crippen molar-refractivity contribution in [2.45, 2.75) is 82.5 Å². The highest BCUT2D eigenvalue weighted by Crippen LogP contribution is 2.33. The maximum Gasteiger partial charge on any atom is 0.408 e. The van der Waals surface area contributed by atoms with Crippen LogP contribution < -0.4 is 21.3 Å². The Morgan fingerprint density at radius 3 is 2.18 bits per heavy atom. The molecule has 5 aromatic rings. The van der Waals surface area contributed by atoms with Gasteiger partial charge in [0.2, 0.25) is 23.6 Å². The number of benzene rings is 4. The summed E-state index contributed by atoms with van der Waals surface area (Å²) < 4.78 is 5.47. The first kappa shape index (κ1) is 39.2. The highest BCUT2D eigenvalue weighted by Gasteiger charge is 2.35. The Morgan fingerprint density at radius 2 is 1.43 bits per heavy atom. The molecule has 0 saturated carbocycles. The second-order valence-corrected chi connectivity index (χ2v) is 15.0. The van der Waals surface area contributed by atoms with Gasteiger partial charge in [-0.3, -0.25) is 29.3 Å².